The molecule has 2 aromatic heterocycles. The van der Waals surface area contributed by atoms with Gasteiger partial charge < -0.3 is 24.9 Å². The number of ether oxygens (including phenoxy) is 1. The number of rotatable bonds is 10. The molecule has 3 aromatic rings. The van der Waals surface area contributed by atoms with E-state index in [4.69, 9.17) is 9.15 Å². The summed E-state index contributed by atoms with van der Waals surface area (Å²) in [5.41, 5.74) is 3.60. The highest BCUT2D eigenvalue weighted by molar-refractivity contribution is 5.92. The van der Waals surface area contributed by atoms with Crippen LogP contribution in [0.15, 0.2) is 41.4 Å². The van der Waals surface area contributed by atoms with E-state index in [-0.39, 0.29) is 12.5 Å². The van der Waals surface area contributed by atoms with Gasteiger partial charge >= 0.3 is 0 Å². The van der Waals surface area contributed by atoms with Crippen LogP contribution in [0.3, 0.4) is 0 Å². The Morgan fingerprint density at radius 3 is 2.87 bits per heavy atom. The maximum Gasteiger partial charge on any atom is 0.270 e. The van der Waals surface area contributed by atoms with E-state index >= 15 is 0 Å². The minimum Gasteiger partial charge on any atom is -0.486 e. The van der Waals surface area contributed by atoms with Crippen molar-refractivity contribution in [2.45, 2.75) is 70.7 Å². The zero-order valence-electron chi connectivity index (χ0n) is 21.9. The minimum atomic E-state index is -0.685. The van der Waals surface area contributed by atoms with Crippen molar-refractivity contribution in [2.24, 2.45) is 0 Å². The van der Waals surface area contributed by atoms with E-state index in [1.54, 1.807) is 6.07 Å². The zero-order chi connectivity index (χ0) is 26.3. The fourth-order valence-electron chi connectivity index (χ4n) is 5.13. The molecule has 0 spiro atoms. The lowest BCUT2D eigenvalue weighted by Gasteiger charge is -2.30. The number of carbonyl (C=O) groups is 1. The average Bonchev–Trinajstić information content (AvgIpc) is 3.35. The highest BCUT2D eigenvalue weighted by Gasteiger charge is 2.21. The van der Waals surface area contributed by atoms with Crippen molar-refractivity contribution in [3.63, 3.8) is 0 Å². The summed E-state index contributed by atoms with van der Waals surface area (Å²) in [5, 5.41) is 16.8. The monoisotopic (exact) mass is 520 g/mol. The van der Waals surface area contributed by atoms with Crippen LogP contribution in [-0.4, -0.2) is 62.6 Å². The molecule has 2 aliphatic rings. The first kappa shape index (κ1) is 26.1. The van der Waals surface area contributed by atoms with Gasteiger partial charge in [0, 0.05) is 38.3 Å². The molecule has 1 aliphatic carbocycles. The third-order valence-corrected chi connectivity index (χ3v) is 7.31. The number of fused-ring (bicyclic) bond motifs is 1. The molecular weight excluding hydrogens is 484 g/mol. The molecule has 1 saturated carbocycles. The van der Waals surface area contributed by atoms with Gasteiger partial charge in [0.25, 0.3) is 5.91 Å². The molecule has 1 aromatic carbocycles. The minimum absolute atomic E-state index is 0.158. The maximum absolute atomic E-state index is 12.7. The number of anilines is 1. The summed E-state index contributed by atoms with van der Waals surface area (Å²) in [6.07, 6.45) is 8.98. The first-order chi connectivity index (χ1) is 18.5. The van der Waals surface area contributed by atoms with Crippen LogP contribution in [0.25, 0.3) is 0 Å². The number of nitrogens with one attached hydrogen (secondary N) is 2. The average molecular weight is 521 g/mol. The van der Waals surface area contributed by atoms with E-state index in [9.17, 15) is 9.90 Å². The largest absolute Gasteiger partial charge is 0.486 e. The Balaban J connectivity index is 1.07. The Hall–Kier alpha value is -3.50. The number of aromatic nitrogens is 3. The van der Waals surface area contributed by atoms with Crippen molar-refractivity contribution in [2.75, 3.05) is 25.0 Å². The second-order valence-electron chi connectivity index (χ2n) is 10.2. The molecule has 10 heteroatoms. The summed E-state index contributed by atoms with van der Waals surface area (Å²) < 4.78 is 11.2. The molecule has 1 atom stereocenters. The quantitative estimate of drug-likeness (QED) is 0.369. The molecule has 3 N–H and O–H groups in total. The number of amides is 1. The fourth-order valence-corrected chi connectivity index (χ4v) is 5.13. The number of hydrogen-bond donors (Lipinski definition) is 3. The molecule has 0 bridgehead atoms. The molecule has 1 fully saturated rings. The van der Waals surface area contributed by atoms with Gasteiger partial charge in [0.15, 0.2) is 12.2 Å². The van der Waals surface area contributed by atoms with E-state index in [1.807, 2.05) is 13.0 Å². The van der Waals surface area contributed by atoms with Gasteiger partial charge in [-0.2, -0.15) is 0 Å². The van der Waals surface area contributed by atoms with Gasteiger partial charge in [-0.25, -0.2) is 15.0 Å². The van der Waals surface area contributed by atoms with Crippen LogP contribution in [0.4, 0.5) is 5.82 Å². The van der Waals surface area contributed by atoms with Crippen molar-refractivity contribution in [1.82, 2.24) is 25.2 Å². The summed E-state index contributed by atoms with van der Waals surface area (Å²) in [5.74, 6) is 1.89. The second-order valence-corrected chi connectivity index (χ2v) is 10.2. The standard InChI is InChI=1S/C28H36N6O4/c1-19-26(38-18-32-19)16-37-24-8-7-21-14-34(10-9-20(21)11-24)15-23(35)13-29-28(36)25-12-27(31-17-30-25)33-22-5-3-2-4-6-22/h7-8,11-12,17-18,22-23,35H,2-6,9-10,13-16H2,1H3,(H,29,36)(H,30,31,33)/t23-/m0/s1. The number of aliphatic hydroxyl groups is 1. The SMILES string of the molecule is Cc1ncoc1COc1ccc2c(c1)CCN(C[C@@H](O)CNC(=O)c1cc(NC3CCCCC3)ncn1)C2. The van der Waals surface area contributed by atoms with Gasteiger partial charge in [0.1, 0.15) is 30.2 Å². The molecule has 1 aliphatic heterocycles. The van der Waals surface area contributed by atoms with Gasteiger partial charge in [-0.05, 0) is 49.4 Å². The van der Waals surface area contributed by atoms with E-state index in [2.05, 4.69) is 42.6 Å². The van der Waals surface area contributed by atoms with Crippen LogP contribution < -0.4 is 15.4 Å². The molecule has 0 unspecified atom stereocenters. The van der Waals surface area contributed by atoms with Crippen molar-refractivity contribution in [3.8, 4) is 5.75 Å². The number of nitrogens with zero attached hydrogens (tertiary/aromatic N) is 4. The van der Waals surface area contributed by atoms with Crippen LogP contribution in [0, 0.1) is 6.92 Å². The highest BCUT2D eigenvalue weighted by Crippen LogP contribution is 2.25. The lowest BCUT2D eigenvalue weighted by molar-refractivity contribution is 0.0838. The summed E-state index contributed by atoms with van der Waals surface area (Å²) in [7, 11) is 0. The third kappa shape index (κ3) is 6.87. The van der Waals surface area contributed by atoms with Crippen LogP contribution in [0.1, 0.15) is 65.2 Å². The topological polar surface area (TPSA) is 126 Å². The summed E-state index contributed by atoms with van der Waals surface area (Å²) >= 11 is 0. The van der Waals surface area contributed by atoms with Crippen LogP contribution in [0.5, 0.6) is 5.75 Å². The Bertz CT molecular complexity index is 1230. The fraction of sp³-hybridized carbons (Fsp3) is 0.500. The molecule has 3 heterocycles. The molecular formula is C28H36N6O4. The van der Waals surface area contributed by atoms with Gasteiger partial charge in [0.05, 0.1) is 11.8 Å². The normalized spacial score (nSPS) is 17.0. The lowest BCUT2D eigenvalue weighted by atomic mass is 9.95. The summed E-state index contributed by atoms with van der Waals surface area (Å²) in [6, 6.07) is 8.20. The Labute approximate surface area is 222 Å². The van der Waals surface area contributed by atoms with Gasteiger partial charge in [-0.15, -0.1) is 0 Å². The number of aliphatic hydroxyl groups excluding tert-OH is 1. The van der Waals surface area contributed by atoms with E-state index in [0.29, 0.717) is 30.7 Å². The number of aryl methyl sites for hydroxylation is 1. The molecule has 5 rings (SSSR count). The lowest BCUT2D eigenvalue weighted by Crippen LogP contribution is -2.42. The van der Waals surface area contributed by atoms with E-state index in [1.165, 1.54) is 43.1 Å². The van der Waals surface area contributed by atoms with Crippen LogP contribution in [-0.2, 0) is 19.6 Å². The van der Waals surface area contributed by atoms with Gasteiger partial charge in [0.2, 0.25) is 0 Å². The van der Waals surface area contributed by atoms with E-state index in [0.717, 1.165) is 49.6 Å². The number of carbonyl (C=O) groups excluding carboxylic acids is 1. The molecule has 38 heavy (non-hydrogen) atoms. The first-order valence-corrected chi connectivity index (χ1v) is 13.4. The number of β-amino-alcohol motifs (C(OH)–C–C–N with tert-alkyl or cyclic N) is 1. The smallest absolute Gasteiger partial charge is 0.270 e. The molecule has 0 radical (unpaired) electrons. The van der Waals surface area contributed by atoms with Crippen molar-refractivity contribution < 1.29 is 19.1 Å². The predicted molar refractivity (Wildman–Crippen MR) is 142 cm³/mol. The number of benzene rings is 1. The number of oxazole rings is 1. The van der Waals surface area contributed by atoms with Crippen molar-refractivity contribution in [1.29, 1.82) is 0 Å². The predicted octanol–water partition coefficient (Wildman–Crippen LogP) is 3.25. The Morgan fingerprint density at radius 1 is 1.18 bits per heavy atom. The summed E-state index contributed by atoms with van der Waals surface area (Å²) in [4.78, 5) is 27.3. The van der Waals surface area contributed by atoms with E-state index < -0.39 is 6.10 Å². The number of hydrogen-bond acceptors (Lipinski definition) is 9. The molecule has 0 saturated heterocycles. The third-order valence-electron chi connectivity index (χ3n) is 7.31. The Kier molecular flexibility index (Phi) is 8.50. The molecule has 202 valence electrons. The van der Waals surface area contributed by atoms with Gasteiger partial charge in [-0.3, -0.25) is 9.69 Å². The first-order valence-electron chi connectivity index (χ1n) is 13.4. The Morgan fingerprint density at radius 2 is 2.05 bits per heavy atom. The van der Waals surface area contributed by atoms with Crippen LogP contribution >= 0.6 is 0 Å². The maximum atomic E-state index is 12.7. The summed E-state index contributed by atoms with van der Waals surface area (Å²) in [6.45, 7) is 4.44. The van der Waals surface area contributed by atoms with Gasteiger partial charge in [-0.1, -0.05) is 25.3 Å². The highest BCUT2D eigenvalue weighted by atomic mass is 16.5. The van der Waals surface area contributed by atoms with Crippen LogP contribution in [0.2, 0.25) is 0 Å². The molecule has 10 nitrogen and oxygen atoms in total. The van der Waals surface area contributed by atoms with Crippen molar-refractivity contribution >= 4 is 11.7 Å². The van der Waals surface area contributed by atoms with Crippen molar-refractivity contribution in [3.05, 3.63) is 65.3 Å². The zero-order valence-corrected chi connectivity index (χ0v) is 21.9. The second kappa shape index (κ2) is 12.4. The molecule has 1 amide bonds.